The summed E-state index contributed by atoms with van der Waals surface area (Å²) in [7, 11) is 0. The number of aromatic nitrogens is 4. The largest absolute Gasteiger partial charge is 0.354 e. The molecule has 0 atom stereocenters. The average molecular weight is 434 g/mol. The maximum atomic E-state index is 13.4. The van der Waals surface area contributed by atoms with Gasteiger partial charge in [-0.25, -0.2) is 13.9 Å². The molecule has 0 aliphatic rings. The number of carbonyl (C=O) groups excluding carboxylic acids is 1. The van der Waals surface area contributed by atoms with Gasteiger partial charge in [-0.3, -0.25) is 14.2 Å². The first-order valence-electron chi connectivity index (χ1n) is 10.7. The van der Waals surface area contributed by atoms with E-state index in [0.717, 1.165) is 16.7 Å². The van der Waals surface area contributed by atoms with Crippen LogP contribution in [0, 0.1) is 13.8 Å². The number of carbonyl (C=O) groups is 1. The highest BCUT2D eigenvalue weighted by atomic mass is 16.2. The van der Waals surface area contributed by atoms with Crippen LogP contribution in [0.4, 0.5) is 0 Å². The van der Waals surface area contributed by atoms with Crippen LogP contribution in [0.25, 0.3) is 16.7 Å². The summed E-state index contributed by atoms with van der Waals surface area (Å²) in [5.41, 5.74) is 3.07. The normalized spacial score (nSPS) is 11.5. The first-order chi connectivity index (χ1) is 15.3. The van der Waals surface area contributed by atoms with Gasteiger partial charge in [0.25, 0.3) is 5.56 Å². The maximum Gasteiger partial charge on any atom is 0.352 e. The van der Waals surface area contributed by atoms with Gasteiger partial charge in [-0.15, -0.1) is 5.10 Å². The van der Waals surface area contributed by atoms with Crippen molar-refractivity contribution in [3.63, 3.8) is 0 Å². The number of hydrogen-bond acceptors (Lipinski definition) is 4. The van der Waals surface area contributed by atoms with Crippen molar-refractivity contribution in [2.75, 3.05) is 0 Å². The zero-order valence-corrected chi connectivity index (χ0v) is 18.8. The third-order valence-electron chi connectivity index (χ3n) is 5.52. The molecule has 166 valence electrons. The lowest BCUT2D eigenvalue weighted by Gasteiger charge is -2.11. The minimum absolute atomic E-state index is 0.00948. The monoisotopic (exact) mass is 433 g/mol. The minimum Gasteiger partial charge on any atom is -0.354 e. The van der Waals surface area contributed by atoms with E-state index in [4.69, 9.17) is 0 Å². The van der Waals surface area contributed by atoms with Gasteiger partial charge in [0.05, 0.1) is 17.4 Å². The topological polar surface area (TPSA) is 90.4 Å². The predicted molar refractivity (Wildman–Crippen MR) is 124 cm³/mol. The van der Waals surface area contributed by atoms with E-state index in [-0.39, 0.29) is 41.9 Å². The Morgan fingerprint density at radius 1 is 1.09 bits per heavy atom. The molecule has 1 N–H and O–H groups in total. The molecule has 8 nitrogen and oxygen atoms in total. The van der Waals surface area contributed by atoms with Crippen molar-refractivity contribution >= 4 is 22.6 Å². The maximum absolute atomic E-state index is 13.4. The summed E-state index contributed by atoms with van der Waals surface area (Å²) in [5, 5.41) is 7.77. The van der Waals surface area contributed by atoms with E-state index >= 15 is 0 Å². The highest BCUT2D eigenvalue weighted by Gasteiger charge is 2.18. The second-order valence-corrected chi connectivity index (χ2v) is 8.45. The van der Waals surface area contributed by atoms with Crippen LogP contribution in [-0.4, -0.2) is 30.7 Å². The number of hydrogen-bond donors (Lipinski definition) is 1. The van der Waals surface area contributed by atoms with Gasteiger partial charge in [-0.05, 0) is 51.0 Å². The molecule has 4 aromatic rings. The first kappa shape index (κ1) is 21.5. The Bertz CT molecular complexity index is 1440. The molecule has 0 bridgehead atoms. The molecule has 0 saturated carbocycles. The molecule has 8 heteroatoms. The van der Waals surface area contributed by atoms with E-state index in [0.29, 0.717) is 17.4 Å². The van der Waals surface area contributed by atoms with Gasteiger partial charge in [-0.2, -0.15) is 0 Å². The Kier molecular flexibility index (Phi) is 5.69. The number of amides is 1. The third-order valence-corrected chi connectivity index (χ3v) is 5.52. The Morgan fingerprint density at radius 2 is 1.84 bits per heavy atom. The summed E-state index contributed by atoms with van der Waals surface area (Å²) >= 11 is 0. The molecule has 2 aromatic heterocycles. The molecular formula is C24H27N5O3. The van der Waals surface area contributed by atoms with E-state index < -0.39 is 0 Å². The van der Waals surface area contributed by atoms with Crippen LogP contribution < -0.4 is 16.6 Å². The van der Waals surface area contributed by atoms with Crippen molar-refractivity contribution in [3.8, 4) is 0 Å². The standard InChI is InChI=1S/C24H27N5O3/c1-15(2)25-21(30)11-12-27-22(31)19-7-5-6-8-20(19)29-23(27)26-28(24(29)32)14-18-13-16(3)9-10-17(18)4/h5-10,13,15H,11-12,14H2,1-4H3,(H,25,30). The number of nitrogens with zero attached hydrogens (tertiary/aromatic N) is 4. The molecule has 0 aliphatic carbocycles. The van der Waals surface area contributed by atoms with Crippen LogP contribution in [0.3, 0.4) is 0 Å². The Hall–Kier alpha value is -3.68. The van der Waals surface area contributed by atoms with Crippen LogP contribution in [-0.2, 0) is 17.9 Å². The minimum atomic E-state index is -0.322. The van der Waals surface area contributed by atoms with Crippen molar-refractivity contribution < 1.29 is 4.79 Å². The van der Waals surface area contributed by atoms with Gasteiger partial charge in [0, 0.05) is 19.0 Å². The number of aryl methyl sites for hydroxylation is 3. The smallest absolute Gasteiger partial charge is 0.352 e. The van der Waals surface area contributed by atoms with Crippen LogP contribution in [0.5, 0.6) is 0 Å². The van der Waals surface area contributed by atoms with Gasteiger partial charge in [0.2, 0.25) is 11.7 Å². The summed E-state index contributed by atoms with van der Waals surface area (Å²) in [4.78, 5) is 38.8. The van der Waals surface area contributed by atoms with Gasteiger partial charge in [0.1, 0.15) is 0 Å². The van der Waals surface area contributed by atoms with E-state index in [2.05, 4.69) is 10.4 Å². The molecule has 1 amide bonds. The van der Waals surface area contributed by atoms with Crippen LogP contribution in [0.2, 0.25) is 0 Å². The zero-order valence-electron chi connectivity index (χ0n) is 18.8. The van der Waals surface area contributed by atoms with Crippen LogP contribution in [0.15, 0.2) is 52.1 Å². The lowest BCUT2D eigenvalue weighted by molar-refractivity contribution is -0.121. The highest BCUT2D eigenvalue weighted by molar-refractivity contribution is 5.80. The number of benzene rings is 2. The number of nitrogens with one attached hydrogen (secondary N) is 1. The van der Waals surface area contributed by atoms with Crippen molar-refractivity contribution in [1.29, 1.82) is 0 Å². The molecule has 0 spiro atoms. The van der Waals surface area contributed by atoms with Crippen LogP contribution in [0.1, 0.15) is 37.0 Å². The lowest BCUT2D eigenvalue weighted by atomic mass is 10.1. The fourth-order valence-electron chi connectivity index (χ4n) is 3.91. The second kappa shape index (κ2) is 8.45. The third kappa shape index (κ3) is 3.95. The van der Waals surface area contributed by atoms with Crippen molar-refractivity contribution in [1.82, 2.24) is 24.1 Å². The van der Waals surface area contributed by atoms with E-state index in [1.54, 1.807) is 24.3 Å². The van der Waals surface area contributed by atoms with Gasteiger partial charge in [0.15, 0.2) is 0 Å². The molecule has 0 fully saturated rings. The second-order valence-electron chi connectivity index (χ2n) is 8.45. The Labute approximate surface area is 185 Å². The lowest BCUT2D eigenvalue weighted by Crippen LogP contribution is -2.32. The molecular weight excluding hydrogens is 406 g/mol. The Morgan fingerprint density at radius 3 is 2.59 bits per heavy atom. The fourth-order valence-corrected chi connectivity index (χ4v) is 3.91. The van der Waals surface area contributed by atoms with E-state index in [9.17, 15) is 14.4 Å². The quantitative estimate of drug-likeness (QED) is 0.506. The number of fused-ring (bicyclic) bond motifs is 3. The first-order valence-corrected chi connectivity index (χ1v) is 10.7. The molecule has 0 radical (unpaired) electrons. The summed E-state index contributed by atoms with van der Waals surface area (Å²) < 4.78 is 4.26. The SMILES string of the molecule is Cc1ccc(C)c(Cn2nc3n(CCC(=O)NC(C)C)c(=O)c4ccccc4n3c2=O)c1. The average Bonchev–Trinajstić information content (AvgIpc) is 3.06. The molecule has 2 heterocycles. The molecule has 4 rings (SSSR count). The molecule has 0 aliphatic heterocycles. The highest BCUT2D eigenvalue weighted by Crippen LogP contribution is 2.14. The van der Waals surface area contributed by atoms with Crippen molar-refractivity contribution in [3.05, 3.63) is 80.0 Å². The number of rotatable bonds is 6. The summed E-state index contributed by atoms with van der Waals surface area (Å²) in [6.07, 6.45) is 0.115. The zero-order chi connectivity index (χ0) is 23.0. The van der Waals surface area contributed by atoms with Gasteiger partial charge < -0.3 is 5.32 Å². The van der Waals surface area contributed by atoms with Gasteiger partial charge >= 0.3 is 5.69 Å². The molecule has 2 aromatic carbocycles. The van der Waals surface area contributed by atoms with E-state index in [1.807, 2.05) is 45.9 Å². The molecule has 0 unspecified atom stereocenters. The Balaban J connectivity index is 1.87. The van der Waals surface area contributed by atoms with Crippen molar-refractivity contribution in [2.45, 2.75) is 53.2 Å². The molecule has 0 saturated heterocycles. The fraction of sp³-hybridized carbons (Fsp3) is 0.333. The van der Waals surface area contributed by atoms with Crippen molar-refractivity contribution in [2.24, 2.45) is 0 Å². The van der Waals surface area contributed by atoms with Crippen LogP contribution >= 0.6 is 0 Å². The number of para-hydroxylation sites is 1. The van der Waals surface area contributed by atoms with E-state index in [1.165, 1.54) is 13.6 Å². The van der Waals surface area contributed by atoms with Gasteiger partial charge in [-0.1, -0.05) is 35.9 Å². The molecule has 32 heavy (non-hydrogen) atoms. The summed E-state index contributed by atoms with van der Waals surface area (Å²) in [6, 6.07) is 13.1. The summed E-state index contributed by atoms with van der Waals surface area (Å²) in [5.74, 6) is 0.0803. The summed E-state index contributed by atoms with van der Waals surface area (Å²) in [6.45, 7) is 8.19. The predicted octanol–water partition coefficient (Wildman–Crippen LogP) is 2.39.